The Balaban J connectivity index is 1.73. The Bertz CT molecular complexity index is 993. The van der Waals surface area contributed by atoms with Crippen molar-refractivity contribution in [2.45, 2.75) is 33.0 Å². The molecule has 2 aromatic carbocycles. The molecule has 1 aromatic heterocycles. The number of halogens is 1. The highest BCUT2D eigenvalue weighted by Crippen LogP contribution is 2.16. The van der Waals surface area contributed by atoms with Crippen LogP contribution in [0.2, 0.25) is 0 Å². The van der Waals surface area contributed by atoms with Gasteiger partial charge in [-0.15, -0.1) is 11.3 Å². The summed E-state index contributed by atoms with van der Waals surface area (Å²) >= 11 is 1.59. The van der Waals surface area contributed by atoms with Crippen molar-refractivity contribution in [3.63, 3.8) is 0 Å². The summed E-state index contributed by atoms with van der Waals surface area (Å²) in [5, 5.41) is 4.66. The number of nitrogens with zero attached hydrogens (tertiary/aromatic N) is 2. The van der Waals surface area contributed by atoms with Crippen LogP contribution in [0.4, 0.5) is 14.9 Å². The van der Waals surface area contributed by atoms with Crippen LogP contribution in [0.5, 0.6) is 0 Å². The van der Waals surface area contributed by atoms with Crippen LogP contribution >= 0.6 is 11.3 Å². The zero-order valence-corrected chi connectivity index (χ0v) is 18.4. The first-order valence-corrected chi connectivity index (χ1v) is 11.0. The van der Waals surface area contributed by atoms with Crippen molar-refractivity contribution in [1.29, 1.82) is 0 Å². The van der Waals surface area contributed by atoms with Crippen molar-refractivity contribution in [3.8, 4) is 0 Å². The van der Waals surface area contributed by atoms with Gasteiger partial charge in [0.2, 0.25) is 5.91 Å². The highest BCUT2D eigenvalue weighted by molar-refractivity contribution is 7.09. The Morgan fingerprint density at radius 3 is 2.42 bits per heavy atom. The van der Waals surface area contributed by atoms with Crippen LogP contribution in [-0.4, -0.2) is 34.3 Å². The Labute approximate surface area is 186 Å². The lowest BCUT2D eigenvalue weighted by Crippen LogP contribution is -2.47. The summed E-state index contributed by atoms with van der Waals surface area (Å²) in [5.41, 5.74) is 1.37. The predicted molar refractivity (Wildman–Crippen MR) is 122 cm³/mol. The molecule has 7 heteroatoms. The lowest BCUT2D eigenvalue weighted by Gasteiger charge is -2.30. The molecule has 31 heavy (non-hydrogen) atoms. The number of amides is 3. The molecule has 0 aliphatic heterocycles. The van der Waals surface area contributed by atoms with E-state index in [4.69, 9.17) is 0 Å². The monoisotopic (exact) mass is 439 g/mol. The third-order valence-electron chi connectivity index (χ3n) is 4.76. The van der Waals surface area contributed by atoms with Gasteiger partial charge in [0.25, 0.3) is 0 Å². The molecule has 0 saturated heterocycles. The normalized spacial score (nSPS) is 10.7. The van der Waals surface area contributed by atoms with Gasteiger partial charge in [-0.2, -0.15) is 0 Å². The van der Waals surface area contributed by atoms with Crippen LogP contribution < -0.4 is 5.32 Å². The van der Waals surface area contributed by atoms with Gasteiger partial charge in [0.15, 0.2) is 0 Å². The minimum Gasteiger partial charge on any atom is -0.332 e. The van der Waals surface area contributed by atoms with E-state index in [1.165, 1.54) is 23.1 Å². The van der Waals surface area contributed by atoms with E-state index in [0.717, 1.165) is 10.4 Å². The third kappa shape index (κ3) is 6.65. The largest absolute Gasteiger partial charge is 0.332 e. The minimum absolute atomic E-state index is 0.0724. The van der Waals surface area contributed by atoms with E-state index in [2.05, 4.69) is 5.32 Å². The van der Waals surface area contributed by atoms with Crippen molar-refractivity contribution in [1.82, 2.24) is 9.80 Å². The summed E-state index contributed by atoms with van der Waals surface area (Å²) in [6.45, 7) is 4.55. The molecule has 0 spiro atoms. The number of hydrogen-bond donors (Lipinski definition) is 1. The van der Waals surface area contributed by atoms with Gasteiger partial charge < -0.3 is 15.1 Å². The summed E-state index contributed by atoms with van der Waals surface area (Å²) in [7, 11) is 0. The lowest BCUT2D eigenvalue weighted by atomic mass is 10.2. The van der Waals surface area contributed by atoms with Gasteiger partial charge in [-0.1, -0.05) is 42.5 Å². The molecule has 0 saturated carbocycles. The SMILES string of the molecule is CC(C)N(CC(=O)N(Cc1ccccc1)Cc1cccs1)C(=O)Nc1cccc(F)c1. The van der Waals surface area contributed by atoms with E-state index in [9.17, 15) is 14.0 Å². The number of urea groups is 1. The van der Waals surface area contributed by atoms with Crippen molar-refractivity contribution in [2.24, 2.45) is 0 Å². The second-order valence-corrected chi connectivity index (χ2v) is 8.51. The molecule has 3 aromatic rings. The number of carbonyl (C=O) groups is 2. The molecule has 3 rings (SSSR count). The van der Waals surface area contributed by atoms with Gasteiger partial charge in [0.05, 0.1) is 6.54 Å². The van der Waals surface area contributed by atoms with Crippen molar-refractivity contribution >= 4 is 29.0 Å². The van der Waals surface area contributed by atoms with Gasteiger partial charge in [0, 0.05) is 23.2 Å². The van der Waals surface area contributed by atoms with E-state index in [0.29, 0.717) is 18.8 Å². The highest BCUT2D eigenvalue weighted by Gasteiger charge is 2.24. The van der Waals surface area contributed by atoms with E-state index < -0.39 is 11.8 Å². The quantitative estimate of drug-likeness (QED) is 0.514. The highest BCUT2D eigenvalue weighted by atomic mass is 32.1. The van der Waals surface area contributed by atoms with Crippen LogP contribution in [-0.2, 0) is 17.9 Å². The second-order valence-electron chi connectivity index (χ2n) is 7.48. The maximum absolute atomic E-state index is 13.5. The minimum atomic E-state index is -0.440. The molecule has 1 N–H and O–H groups in total. The van der Waals surface area contributed by atoms with Crippen LogP contribution in [0, 0.1) is 5.82 Å². The third-order valence-corrected chi connectivity index (χ3v) is 5.62. The number of benzene rings is 2. The summed E-state index contributed by atoms with van der Waals surface area (Å²) in [5.74, 6) is -0.588. The predicted octanol–water partition coefficient (Wildman–Crippen LogP) is 5.36. The first-order chi connectivity index (χ1) is 14.9. The first-order valence-electron chi connectivity index (χ1n) is 10.1. The molecule has 0 atom stereocenters. The van der Waals surface area contributed by atoms with Crippen LogP contribution in [0.25, 0.3) is 0 Å². The molecule has 0 aliphatic carbocycles. The zero-order chi connectivity index (χ0) is 22.2. The Hall–Kier alpha value is -3.19. The Morgan fingerprint density at radius 1 is 1.00 bits per heavy atom. The molecule has 1 heterocycles. The van der Waals surface area contributed by atoms with Crippen LogP contribution in [0.15, 0.2) is 72.1 Å². The molecule has 0 unspecified atom stereocenters. The van der Waals surface area contributed by atoms with Crippen LogP contribution in [0.3, 0.4) is 0 Å². The second kappa shape index (κ2) is 10.7. The zero-order valence-electron chi connectivity index (χ0n) is 17.6. The Morgan fingerprint density at radius 2 is 1.77 bits per heavy atom. The number of carbonyl (C=O) groups excluding carboxylic acids is 2. The summed E-state index contributed by atoms with van der Waals surface area (Å²) in [4.78, 5) is 30.4. The van der Waals surface area contributed by atoms with E-state index in [1.54, 1.807) is 22.3 Å². The topological polar surface area (TPSA) is 52.7 Å². The molecule has 3 amide bonds. The van der Waals surface area contributed by atoms with Gasteiger partial charge in [0.1, 0.15) is 12.4 Å². The van der Waals surface area contributed by atoms with Gasteiger partial charge in [-0.05, 0) is 49.1 Å². The number of hydrogen-bond acceptors (Lipinski definition) is 3. The number of rotatable bonds is 8. The van der Waals surface area contributed by atoms with Crippen LogP contribution in [0.1, 0.15) is 24.3 Å². The van der Waals surface area contributed by atoms with Gasteiger partial charge in [-0.3, -0.25) is 4.79 Å². The average Bonchev–Trinajstić information content (AvgIpc) is 3.25. The molecular formula is C24H26FN3O2S. The fourth-order valence-corrected chi connectivity index (χ4v) is 3.84. The first kappa shape index (κ1) is 22.5. The lowest BCUT2D eigenvalue weighted by molar-refractivity contribution is -0.133. The summed E-state index contributed by atoms with van der Waals surface area (Å²) < 4.78 is 13.5. The van der Waals surface area contributed by atoms with Gasteiger partial charge in [-0.25, -0.2) is 9.18 Å². The molecule has 0 fully saturated rings. The van der Waals surface area contributed by atoms with Crippen molar-refractivity contribution in [2.75, 3.05) is 11.9 Å². The average molecular weight is 440 g/mol. The molecule has 0 bridgehead atoms. The fraction of sp³-hybridized carbons (Fsp3) is 0.250. The maximum atomic E-state index is 13.5. The number of anilines is 1. The molecular weight excluding hydrogens is 413 g/mol. The van der Waals surface area contributed by atoms with E-state index in [-0.39, 0.29) is 18.5 Å². The van der Waals surface area contributed by atoms with E-state index in [1.807, 2.05) is 61.7 Å². The fourth-order valence-electron chi connectivity index (χ4n) is 3.12. The van der Waals surface area contributed by atoms with E-state index >= 15 is 0 Å². The Kier molecular flexibility index (Phi) is 7.78. The molecule has 0 radical (unpaired) electrons. The smallest absolute Gasteiger partial charge is 0.322 e. The van der Waals surface area contributed by atoms with Crippen molar-refractivity contribution < 1.29 is 14.0 Å². The maximum Gasteiger partial charge on any atom is 0.322 e. The summed E-state index contributed by atoms with van der Waals surface area (Å²) in [6.07, 6.45) is 0. The van der Waals surface area contributed by atoms with Gasteiger partial charge >= 0.3 is 6.03 Å². The standard InChI is InChI=1S/C24H26FN3O2S/c1-18(2)28(24(30)26-21-11-6-10-20(25)14-21)17-23(29)27(16-22-12-7-13-31-22)15-19-8-4-3-5-9-19/h3-14,18H,15-17H2,1-2H3,(H,26,30). The van der Waals surface area contributed by atoms with Crippen molar-refractivity contribution in [3.05, 3.63) is 88.4 Å². The molecule has 162 valence electrons. The molecule has 5 nitrogen and oxygen atoms in total. The summed E-state index contributed by atoms with van der Waals surface area (Å²) in [6, 6.07) is 18.8. The number of nitrogens with one attached hydrogen (secondary N) is 1. The molecule has 0 aliphatic rings. The number of thiophene rings is 1.